The summed E-state index contributed by atoms with van der Waals surface area (Å²) in [5.74, 6) is 1.98. The van der Waals surface area contributed by atoms with Crippen LogP contribution in [0.2, 0.25) is 0 Å². The summed E-state index contributed by atoms with van der Waals surface area (Å²) < 4.78 is 2.47. The van der Waals surface area contributed by atoms with E-state index in [4.69, 9.17) is 4.98 Å². The van der Waals surface area contributed by atoms with Crippen molar-refractivity contribution in [3.63, 3.8) is 0 Å². The molecule has 22 heavy (non-hydrogen) atoms. The van der Waals surface area contributed by atoms with Crippen LogP contribution in [-0.4, -0.2) is 27.5 Å². The molecule has 3 rings (SSSR count). The third kappa shape index (κ3) is 3.19. The largest absolute Gasteiger partial charge is 0.327 e. The lowest BCUT2D eigenvalue weighted by Crippen LogP contribution is -2.33. The molecule has 3 heteroatoms. The van der Waals surface area contributed by atoms with Gasteiger partial charge in [0.2, 0.25) is 0 Å². The Balaban J connectivity index is 1.93. The van der Waals surface area contributed by atoms with E-state index in [9.17, 15) is 0 Å². The van der Waals surface area contributed by atoms with Gasteiger partial charge in [0.15, 0.2) is 0 Å². The molecule has 0 aliphatic carbocycles. The van der Waals surface area contributed by atoms with Crippen LogP contribution in [0.25, 0.3) is 11.0 Å². The van der Waals surface area contributed by atoms with Gasteiger partial charge in [-0.2, -0.15) is 0 Å². The highest BCUT2D eigenvalue weighted by Gasteiger charge is 2.23. The molecule has 0 amide bonds. The van der Waals surface area contributed by atoms with Gasteiger partial charge < -0.3 is 4.57 Å². The molecule has 2 aromatic rings. The molecule has 1 saturated heterocycles. The highest BCUT2D eigenvalue weighted by Crippen LogP contribution is 2.27. The molecule has 1 aliphatic heterocycles. The number of imidazole rings is 1. The van der Waals surface area contributed by atoms with Gasteiger partial charge in [-0.3, -0.25) is 4.90 Å². The highest BCUT2D eigenvalue weighted by atomic mass is 15.2. The van der Waals surface area contributed by atoms with E-state index < -0.39 is 0 Å². The van der Waals surface area contributed by atoms with Gasteiger partial charge in [0.1, 0.15) is 5.82 Å². The Morgan fingerprint density at radius 3 is 2.50 bits per heavy atom. The molecular weight excluding hydrogens is 270 g/mol. The minimum atomic E-state index is 0.417. The zero-order chi connectivity index (χ0) is 15.5. The van der Waals surface area contributed by atoms with Gasteiger partial charge >= 0.3 is 0 Å². The van der Waals surface area contributed by atoms with Gasteiger partial charge in [-0.05, 0) is 57.3 Å². The molecule has 0 radical (unpaired) electrons. The predicted molar refractivity (Wildman–Crippen MR) is 93.0 cm³/mol. The van der Waals surface area contributed by atoms with Crippen molar-refractivity contribution in [2.75, 3.05) is 13.1 Å². The Morgan fingerprint density at radius 1 is 1.05 bits per heavy atom. The van der Waals surface area contributed by atoms with Crippen LogP contribution in [-0.2, 0) is 6.54 Å². The molecule has 1 aromatic heterocycles. The first kappa shape index (κ1) is 15.5. The minimum Gasteiger partial charge on any atom is -0.327 e. The first-order valence-corrected chi connectivity index (χ1v) is 8.86. The average molecular weight is 299 g/mol. The number of hydrogen-bond donors (Lipinski definition) is 0. The number of fused-ring (bicyclic) bond motifs is 1. The van der Waals surface area contributed by atoms with Gasteiger partial charge in [-0.25, -0.2) is 4.98 Å². The second-order valence-corrected chi connectivity index (χ2v) is 7.07. The van der Waals surface area contributed by atoms with Gasteiger partial charge in [0, 0.05) is 6.54 Å². The molecule has 1 atom stereocenters. The van der Waals surface area contributed by atoms with Crippen LogP contribution in [0, 0.1) is 5.92 Å². The number of hydrogen-bond acceptors (Lipinski definition) is 2. The number of nitrogens with zero attached hydrogens (tertiary/aromatic N) is 3. The van der Waals surface area contributed by atoms with E-state index in [0.717, 1.165) is 18.0 Å². The van der Waals surface area contributed by atoms with Gasteiger partial charge in [0.05, 0.1) is 17.1 Å². The first-order valence-electron chi connectivity index (χ1n) is 8.86. The summed E-state index contributed by atoms with van der Waals surface area (Å²) in [5.41, 5.74) is 2.44. The topological polar surface area (TPSA) is 21.1 Å². The van der Waals surface area contributed by atoms with Crippen molar-refractivity contribution in [1.82, 2.24) is 14.5 Å². The van der Waals surface area contributed by atoms with Crippen molar-refractivity contribution in [2.45, 2.75) is 59.0 Å². The number of rotatable bonds is 5. The molecule has 0 spiro atoms. The van der Waals surface area contributed by atoms with E-state index in [1.807, 2.05) is 0 Å². The van der Waals surface area contributed by atoms with Gasteiger partial charge in [-0.1, -0.05) is 32.4 Å². The Labute approximate surface area is 134 Å². The SMILES string of the molecule is CC(C)CCn1c([C@@H](C)N2CCCCC2)nc2ccccc21. The summed E-state index contributed by atoms with van der Waals surface area (Å²) in [6.45, 7) is 10.4. The van der Waals surface area contributed by atoms with Crippen LogP contribution in [0.1, 0.15) is 58.3 Å². The van der Waals surface area contributed by atoms with Gasteiger partial charge in [0.25, 0.3) is 0 Å². The van der Waals surface area contributed by atoms with Crippen molar-refractivity contribution in [1.29, 1.82) is 0 Å². The normalized spacial score (nSPS) is 18.2. The predicted octanol–water partition coefficient (Wildman–Crippen LogP) is 4.63. The Kier molecular flexibility index (Phi) is 4.82. The minimum absolute atomic E-state index is 0.417. The fourth-order valence-electron chi connectivity index (χ4n) is 3.50. The van der Waals surface area contributed by atoms with Crippen LogP contribution in [0.15, 0.2) is 24.3 Å². The van der Waals surface area contributed by atoms with E-state index in [0.29, 0.717) is 6.04 Å². The highest BCUT2D eigenvalue weighted by molar-refractivity contribution is 5.76. The van der Waals surface area contributed by atoms with Crippen LogP contribution in [0.4, 0.5) is 0 Å². The van der Waals surface area contributed by atoms with Crippen LogP contribution < -0.4 is 0 Å². The van der Waals surface area contributed by atoms with E-state index in [2.05, 4.69) is 54.5 Å². The molecule has 3 nitrogen and oxygen atoms in total. The molecule has 2 heterocycles. The second-order valence-electron chi connectivity index (χ2n) is 7.07. The monoisotopic (exact) mass is 299 g/mol. The smallest absolute Gasteiger partial charge is 0.127 e. The third-order valence-corrected chi connectivity index (χ3v) is 4.93. The quantitative estimate of drug-likeness (QED) is 0.802. The zero-order valence-corrected chi connectivity index (χ0v) is 14.3. The summed E-state index contributed by atoms with van der Waals surface area (Å²) in [6.07, 6.45) is 5.25. The lowest BCUT2D eigenvalue weighted by atomic mass is 10.1. The van der Waals surface area contributed by atoms with E-state index in [1.54, 1.807) is 0 Å². The molecule has 0 saturated carbocycles. The van der Waals surface area contributed by atoms with E-state index in [-0.39, 0.29) is 0 Å². The fraction of sp³-hybridized carbons (Fsp3) is 0.632. The summed E-state index contributed by atoms with van der Waals surface area (Å²) in [5, 5.41) is 0. The second kappa shape index (κ2) is 6.82. The zero-order valence-electron chi connectivity index (χ0n) is 14.3. The standard InChI is InChI=1S/C19H29N3/c1-15(2)11-14-22-18-10-6-5-9-17(18)20-19(22)16(3)21-12-7-4-8-13-21/h5-6,9-10,15-16H,4,7-8,11-14H2,1-3H3/t16-/m1/s1. The van der Waals surface area contributed by atoms with Crippen molar-refractivity contribution in [3.05, 3.63) is 30.1 Å². The van der Waals surface area contributed by atoms with Crippen molar-refractivity contribution in [2.24, 2.45) is 5.92 Å². The van der Waals surface area contributed by atoms with Crippen LogP contribution in [0.5, 0.6) is 0 Å². The summed E-state index contributed by atoms with van der Waals surface area (Å²) in [6, 6.07) is 9.01. The first-order chi connectivity index (χ1) is 10.7. The summed E-state index contributed by atoms with van der Waals surface area (Å²) >= 11 is 0. The Morgan fingerprint density at radius 2 is 1.77 bits per heavy atom. The molecule has 0 bridgehead atoms. The maximum Gasteiger partial charge on any atom is 0.127 e. The van der Waals surface area contributed by atoms with Crippen molar-refractivity contribution in [3.8, 4) is 0 Å². The molecular formula is C19H29N3. The summed E-state index contributed by atoms with van der Waals surface area (Å²) in [4.78, 5) is 7.59. The molecule has 1 aliphatic rings. The number of piperidine rings is 1. The number of aryl methyl sites for hydroxylation is 1. The molecule has 1 aromatic carbocycles. The molecule has 0 unspecified atom stereocenters. The fourth-order valence-corrected chi connectivity index (χ4v) is 3.50. The van der Waals surface area contributed by atoms with Crippen molar-refractivity contribution < 1.29 is 0 Å². The van der Waals surface area contributed by atoms with Crippen LogP contribution >= 0.6 is 0 Å². The maximum absolute atomic E-state index is 4.99. The molecule has 120 valence electrons. The number of benzene rings is 1. The Hall–Kier alpha value is -1.35. The van der Waals surface area contributed by atoms with Gasteiger partial charge in [-0.15, -0.1) is 0 Å². The Bertz CT molecular complexity index is 608. The lowest BCUT2D eigenvalue weighted by molar-refractivity contribution is 0.166. The third-order valence-electron chi connectivity index (χ3n) is 4.93. The average Bonchev–Trinajstić information content (AvgIpc) is 2.91. The molecule has 1 fully saturated rings. The number of para-hydroxylation sites is 2. The van der Waals surface area contributed by atoms with E-state index in [1.165, 1.54) is 50.1 Å². The summed E-state index contributed by atoms with van der Waals surface area (Å²) in [7, 11) is 0. The van der Waals surface area contributed by atoms with Crippen LogP contribution in [0.3, 0.4) is 0 Å². The van der Waals surface area contributed by atoms with E-state index >= 15 is 0 Å². The maximum atomic E-state index is 4.99. The van der Waals surface area contributed by atoms with Crippen molar-refractivity contribution >= 4 is 11.0 Å². The molecule has 0 N–H and O–H groups in total. The lowest BCUT2D eigenvalue weighted by Gasteiger charge is -2.32. The number of aromatic nitrogens is 2. The number of likely N-dealkylation sites (tertiary alicyclic amines) is 1.